The van der Waals surface area contributed by atoms with Crippen molar-refractivity contribution in [2.24, 2.45) is 84.6 Å². The van der Waals surface area contributed by atoms with Gasteiger partial charge in [0.1, 0.15) is 0 Å². The molecule has 0 saturated carbocycles. The number of benzene rings is 6. The second kappa shape index (κ2) is 41.9. The topological polar surface area (TPSA) is 359 Å². The van der Waals surface area contributed by atoms with Crippen LogP contribution in [0.15, 0.2) is 277 Å². The molecule has 35 nitrogen and oxygen atoms in total. The quantitative estimate of drug-likeness (QED) is 0.103. The summed E-state index contributed by atoms with van der Waals surface area (Å²) in [4.78, 5) is 47.5. The number of furan rings is 12. The van der Waals surface area contributed by atoms with Gasteiger partial charge in [-0.2, -0.15) is 0 Å². The first-order chi connectivity index (χ1) is 70.1. The second-order valence-corrected chi connectivity index (χ2v) is 34.9. The van der Waals surface area contributed by atoms with Crippen LogP contribution in [0.25, 0.3) is 267 Å². The second-order valence-electron chi connectivity index (χ2n) is 34.9. The molecule has 30 aromatic rings. The molecule has 24 heterocycles. The van der Waals surface area contributed by atoms with E-state index in [0.29, 0.717) is 28.8 Å². The predicted molar refractivity (Wildman–Crippen MR) is 529 cm³/mol. The van der Waals surface area contributed by atoms with Crippen LogP contribution in [0.4, 0.5) is 0 Å². The molecule has 0 radical (unpaired) electrons. The maximum atomic E-state index is 5.76. The van der Waals surface area contributed by atoms with Crippen molar-refractivity contribution in [2.45, 2.75) is 0 Å². The fraction of sp³-hybridized carbons (Fsp3) is 0.110. The number of hydrogen-bond donors (Lipinski definition) is 0. The van der Waals surface area contributed by atoms with Gasteiger partial charge in [-0.15, -0.1) is 85.2 Å². The Labute approximate surface area is 935 Å². The van der Waals surface area contributed by atoms with Gasteiger partial charge in [-0.3, -0.25) is 0 Å². The Morgan fingerprint density at radius 1 is 0.200 bits per heavy atom. The Kier molecular flexibility index (Phi) is 28.8. The van der Waals surface area contributed by atoms with Crippen LogP contribution in [-0.2, 0) is 211 Å². The van der Waals surface area contributed by atoms with Crippen LogP contribution in [0, 0.1) is 80.4 Å². The van der Waals surface area contributed by atoms with Gasteiger partial charge in [-0.25, -0.2) is 24.9 Å². The Morgan fingerprint density at radius 3 is 0.600 bits per heavy atom. The van der Waals surface area contributed by atoms with E-state index < -0.39 is 0 Å². The van der Waals surface area contributed by atoms with Crippen molar-refractivity contribution in [3.05, 3.63) is 304 Å². The van der Waals surface area contributed by atoms with E-state index in [9.17, 15) is 0 Å². The van der Waals surface area contributed by atoms with Crippen LogP contribution in [-0.4, -0.2) is 110 Å². The fourth-order valence-corrected chi connectivity index (χ4v) is 17.4. The Hall–Kier alpha value is -15.5. The molecule has 0 fully saturated rings. The number of fused-ring (bicyclic) bond motifs is 12. The zero-order valence-corrected chi connectivity index (χ0v) is 94.0. The zero-order valence-electron chi connectivity index (χ0n) is 80.4. The summed E-state index contributed by atoms with van der Waals surface area (Å²) in [6.45, 7) is 0. The predicted octanol–water partition coefficient (Wildman–Crippen LogP) is 21.9. The Balaban J connectivity index is 0.000000112. The van der Waals surface area contributed by atoms with Crippen LogP contribution in [0.3, 0.4) is 0 Å². The third kappa shape index (κ3) is 19.3. The number of aromatic nitrogens is 23. The van der Waals surface area contributed by atoms with Gasteiger partial charge in [0.2, 0.25) is 0 Å². The molecule has 0 unspecified atom stereocenters. The van der Waals surface area contributed by atoms with Gasteiger partial charge in [0, 0.05) is 161 Å². The molecule has 30 rings (SSSR count). The van der Waals surface area contributed by atoms with E-state index in [4.69, 9.17) is 53.0 Å². The maximum Gasteiger partial charge on any atom is 2.00 e. The SMILES string of the molecule is Cn1[c-]nc(-c2coc3cc4coc(-c5[c-]cn(C)c5)c4[c-]c23)c1.Cn1[c-]nc(-c2coc3cc4coc(-c5cn(C)cn5)c4[c-]c23)c1.Cn1[c-]nc(-c2coc3cc4coc(-c5cn(C)cn5)c4[c-]c23)c1.Cn1[c-]nc(-c2occ3cc4occ(-c5cn(C)cn5)c4[c-]c23)c1.Cn1[c-]nc(-c2occ3cc4occ(-c5cn(C)cn5)c4[c-]c23)c1.Cn1[c-]nc(-c2occ3cc4occ(-c5cn(C)cn5)c4[c-]c23)c1.[Pt+2].[Pt+2].[Pt+2].[Pt+2].[Pt+2].[Pt]. The van der Waals surface area contributed by atoms with Crippen molar-refractivity contribution in [1.29, 1.82) is 0 Å². The third-order valence-corrected chi connectivity index (χ3v) is 24.3. The monoisotopic (exact) mass is 3060 g/mol. The van der Waals surface area contributed by atoms with Crippen LogP contribution < -0.4 is 0 Å². The average Bonchev–Trinajstić information content (AvgIpc) is 1.63. The van der Waals surface area contributed by atoms with Gasteiger partial charge < -0.3 is 138 Å². The molecule has 0 N–H and O–H groups in total. The molecule has 0 bridgehead atoms. The Morgan fingerprint density at radius 2 is 0.400 bits per heavy atom. The standard InChI is InChI=1S/C19H12N3O2.5C18H12N4O2.6Pt/c1-21-4-3-12(7-21)19-14-6-15-16(17-8-22(2)11-20-17)10-23-18(15)5-13(14)9-24-19;5*1-21-5-15(19-9-21)14-8-23-17-3-11-7-24-18(12(11)4-13(14)17)16-6-22(2)10-20-16;;;;;;/h4-5,7-10H,1-2H3;2*3,5-8,10H,1-2H3;3*3,5-9H,1-2H3;;;;;;/q-3;5*-2;;5*+2. The summed E-state index contributed by atoms with van der Waals surface area (Å²) >= 11 is 0. The molecule has 24 aromatic heterocycles. The van der Waals surface area contributed by atoms with Crippen LogP contribution in [0.2, 0.25) is 0 Å². The first-order valence-corrected chi connectivity index (χ1v) is 44.7. The van der Waals surface area contributed by atoms with Crippen molar-refractivity contribution in [3.8, 4) is 136 Å². The van der Waals surface area contributed by atoms with E-state index in [1.807, 2.05) is 229 Å². The Bertz CT molecular complexity index is 8090. The summed E-state index contributed by atoms with van der Waals surface area (Å²) in [5.41, 5.74) is 19.5. The van der Waals surface area contributed by atoms with Crippen LogP contribution >= 0.6 is 0 Å². The van der Waals surface area contributed by atoms with Crippen LogP contribution in [0.5, 0.6) is 0 Å². The molecule has 0 aliphatic carbocycles. The number of rotatable bonds is 12. The van der Waals surface area contributed by atoms with E-state index >= 15 is 0 Å². The smallest absolute Gasteiger partial charge is 0.518 e. The van der Waals surface area contributed by atoms with E-state index in [1.54, 1.807) is 134 Å². The van der Waals surface area contributed by atoms with Gasteiger partial charge in [-0.1, -0.05) is 180 Å². The van der Waals surface area contributed by atoms with Crippen LogP contribution in [0.1, 0.15) is 0 Å². The summed E-state index contributed by atoms with van der Waals surface area (Å²) < 4.78 is 90.6. The molecule has 0 atom stereocenters. The maximum absolute atomic E-state index is 5.76. The van der Waals surface area contributed by atoms with Gasteiger partial charge >= 0.3 is 105 Å². The minimum absolute atomic E-state index is 0. The third-order valence-electron chi connectivity index (χ3n) is 24.3. The van der Waals surface area contributed by atoms with Gasteiger partial charge in [-0.05, 0) is 82.2 Å². The molecule has 758 valence electrons. The van der Waals surface area contributed by atoms with Gasteiger partial charge in [0.25, 0.3) is 0 Å². The molecular weight excluding hydrogens is 2990 g/mol. The van der Waals surface area contributed by atoms with Gasteiger partial charge in [0.05, 0.1) is 167 Å². The summed E-state index contributed by atoms with van der Waals surface area (Å²) in [6, 6.07) is 35.5. The molecule has 0 amide bonds. The van der Waals surface area contributed by atoms with E-state index in [-0.39, 0.29) is 126 Å². The molecule has 0 aliphatic heterocycles. The molecular formula is C109H72N23O12Pt6-3. The minimum atomic E-state index is 0. The van der Waals surface area contributed by atoms with Crippen molar-refractivity contribution >= 4 is 130 Å². The first kappa shape index (κ1) is 103. The van der Waals surface area contributed by atoms with E-state index in [0.717, 1.165) is 238 Å². The summed E-state index contributed by atoms with van der Waals surface area (Å²) in [5, 5.41) is 16.1. The summed E-state index contributed by atoms with van der Waals surface area (Å²) in [5.74, 6) is 4.19. The number of nitrogens with zero attached hydrogens (tertiary/aromatic N) is 23. The molecule has 6 aromatic carbocycles. The average molecular weight is 3070 g/mol. The van der Waals surface area contributed by atoms with Crippen molar-refractivity contribution in [2.75, 3.05) is 0 Å². The first-order valence-electron chi connectivity index (χ1n) is 44.7. The van der Waals surface area contributed by atoms with E-state index in [1.165, 1.54) is 0 Å². The molecule has 0 saturated heterocycles. The van der Waals surface area contributed by atoms with Crippen molar-refractivity contribution in [1.82, 2.24) is 110 Å². The molecule has 150 heavy (non-hydrogen) atoms. The molecule has 41 heteroatoms. The fourth-order valence-electron chi connectivity index (χ4n) is 17.4. The van der Waals surface area contributed by atoms with E-state index in [2.05, 4.69) is 135 Å². The summed E-state index contributed by atoms with van der Waals surface area (Å²) in [6.07, 6.45) is 71.3. The minimum Gasteiger partial charge on any atom is -0.518 e. The molecule has 0 spiro atoms. The van der Waals surface area contributed by atoms with Crippen molar-refractivity contribution < 1.29 is 179 Å². The van der Waals surface area contributed by atoms with Crippen molar-refractivity contribution in [3.63, 3.8) is 0 Å². The zero-order chi connectivity index (χ0) is 97.6. The summed E-state index contributed by atoms with van der Waals surface area (Å²) in [7, 11) is 22.9. The van der Waals surface area contributed by atoms with Gasteiger partial charge in [0.15, 0.2) is 0 Å². The molecule has 0 aliphatic rings. The largest absolute Gasteiger partial charge is 2.00 e. The number of aryl methyl sites for hydroxylation is 12. The number of imidazole rings is 11. The number of hydrogen-bond acceptors (Lipinski definition) is 23. The normalized spacial score (nSPS) is 11.3.